The molecule has 0 aliphatic carbocycles. The van der Waals surface area contributed by atoms with Crippen LogP contribution in [0.4, 0.5) is 0 Å². The highest BCUT2D eigenvalue weighted by Crippen LogP contribution is 2.29. The fraction of sp³-hybridized carbons (Fsp3) is 0.333. The number of nitrogens with zero attached hydrogens (tertiary/aromatic N) is 3. The van der Waals surface area contributed by atoms with E-state index in [1.807, 2.05) is 64.1 Å². The zero-order valence-corrected chi connectivity index (χ0v) is 20.9. The van der Waals surface area contributed by atoms with Gasteiger partial charge in [-0.25, -0.2) is 8.42 Å². The van der Waals surface area contributed by atoms with E-state index in [4.69, 9.17) is 12.2 Å². The maximum Gasteiger partial charge on any atom is 0.272 e. The molecule has 1 N–H and O–H groups in total. The molecule has 4 rings (SSSR count). The van der Waals surface area contributed by atoms with E-state index in [1.165, 1.54) is 4.31 Å². The number of aromatic amines is 1. The molecule has 1 amide bonds. The van der Waals surface area contributed by atoms with E-state index in [1.54, 1.807) is 15.7 Å². The summed E-state index contributed by atoms with van der Waals surface area (Å²) >= 11 is 5.39. The molecular formula is C24H28N4O3S2. The molecule has 0 spiro atoms. The minimum atomic E-state index is -3.66. The molecule has 0 atom stereocenters. The number of rotatable bonds is 4. The van der Waals surface area contributed by atoms with Gasteiger partial charge >= 0.3 is 0 Å². The van der Waals surface area contributed by atoms with Gasteiger partial charge in [0.2, 0.25) is 10.0 Å². The third kappa shape index (κ3) is 4.16. The van der Waals surface area contributed by atoms with Gasteiger partial charge in [0, 0.05) is 38.1 Å². The number of nitrogens with one attached hydrogen (secondary N) is 1. The second-order valence-electron chi connectivity index (χ2n) is 8.44. The van der Waals surface area contributed by atoms with Crippen molar-refractivity contribution in [3.05, 3.63) is 75.3 Å². The molecule has 0 radical (unpaired) electrons. The molecule has 33 heavy (non-hydrogen) atoms. The maximum atomic E-state index is 13.5. The minimum Gasteiger partial charge on any atom is -0.336 e. The molecule has 0 bridgehead atoms. The van der Waals surface area contributed by atoms with Crippen molar-refractivity contribution in [3.8, 4) is 5.69 Å². The van der Waals surface area contributed by atoms with Crippen LogP contribution in [0.25, 0.3) is 5.69 Å². The fourth-order valence-corrected chi connectivity index (χ4v) is 6.61. The molecule has 2 heterocycles. The predicted molar refractivity (Wildman–Crippen MR) is 131 cm³/mol. The van der Waals surface area contributed by atoms with Gasteiger partial charge in [0.05, 0.1) is 4.90 Å². The number of amides is 1. The highest BCUT2D eigenvalue weighted by atomic mass is 32.2. The third-order valence-corrected chi connectivity index (χ3v) is 8.90. The number of hydrogen-bond donors (Lipinski definition) is 1. The number of piperazine rings is 1. The number of carbonyl (C=O) groups excluding carboxylic acids is 1. The fourth-order valence-electron chi connectivity index (χ4n) is 4.35. The van der Waals surface area contributed by atoms with Gasteiger partial charge in [-0.2, -0.15) is 4.31 Å². The number of benzene rings is 2. The van der Waals surface area contributed by atoms with E-state index in [2.05, 4.69) is 4.98 Å². The Hall–Kier alpha value is -2.75. The van der Waals surface area contributed by atoms with Crippen molar-refractivity contribution in [1.82, 2.24) is 18.8 Å². The zero-order valence-electron chi connectivity index (χ0n) is 19.3. The van der Waals surface area contributed by atoms with Crippen LogP contribution >= 0.6 is 12.2 Å². The van der Waals surface area contributed by atoms with Crippen LogP contribution in [0.2, 0.25) is 0 Å². The van der Waals surface area contributed by atoms with E-state index < -0.39 is 10.0 Å². The number of sulfonamides is 1. The molecule has 1 fully saturated rings. The van der Waals surface area contributed by atoms with E-state index in [0.29, 0.717) is 28.4 Å². The number of aromatic nitrogens is 2. The Morgan fingerprint density at radius 1 is 0.939 bits per heavy atom. The Morgan fingerprint density at radius 2 is 1.52 bits per heavy atom. The first-order valence-electron chi connectivity index (χ1n) is 10.9. The van der Waals surface area contributed by atoms with Crippen LogP contribution in [-0.2, 0) is 10.0 Å². The Kier molecular flexibility index (Phi) is 6.30. The second-order valence-corrected chi connectivity index (χ2v) is 10.7. The van der Waals surface area contributed by atoms with E-state index >= 15 is 0 Å². The van der Waals surface area contributed by atoms with E-state index in [9.17, 15) is 13.2 Å². The molecule has 1 aromatic heterocycles. The topological polar surface area (TPSA) is 78.4 Å². The van der Waals surface area contributed by atoms with Crippen LogP contribution < -0.4 is 0 Å². The summed E-state index contributed by atoms with van der Waals surface area (Å²) < 4.78 is 30.7. The van der Waals surface area contributed by atoms with Gasteiger partial charge < -0.3 is 9.88 Å². The minimum absolute atomic E-state index is 0.179. The molecule has 0 unspecified atom stereocenters. The Morgan fingerprint density at radius 3 is 2.09 bits per heavy atom. The molecule has 1 saturated heterocycles. The molecule has 174 valence electrons. The van der Waals surface area contributed by atoms with Crippen LogP contribution in [0, 0.1) is 32.5 Å². The second kappa shape index (κ2) is 8.89. The van der Waals surface area contributed by atoms with Crippen molar-refractivity contribution in [2.75, 3.05) is 26.2 Å². The van der Waals surface area contributed by atoms with Crippen molar-refractivity contribution in [1.29, 1.82) is 0 Å². The van der Waals surface area contributed by atoms with Gasteiger partial charge in [0.25, 0.3) is 5.91 Å². The molecule has 2 aromatic carbocycles. The lowest BCUT2D eigenvalue weighted by Crippen LogP contribution is -2.51. The summed E-state index contributed by atoms with van der Waals surface area (Å²) in [5.74, 6) is -0.179. The van der Waals surface area contributed by atoms with Crippen molar-refractivity contribution in [3.63, 3.8) is 0 Å². The van der Waals surface area contributed by atoms with Crippen LogP contribution in [0.1, 0.15) is 32.7 Å². The summed E-state index contributed by atoms with van der Waals surface area (Å²) in [6.07, 6.45) is 1.61. The maximum absolute atomic E-state index is 13.5. The molecule has 3 aromatic rings. The first-order chi connectivity index (χ1) is 15.6. The molecular weight excluding hydrogens is 456 g/mol. The number of hydrogen-bond acceptors (Lipinski definition) is 4. The van der Waals surface area contributed by atoms with Crippen molar-refractivity contribution in [2.24, 2.45) is 0 Å². The smallest absolute Gasteiger partial charge is 0.272 e. The SMILES string of the molecule is Cc1cc(C)c(C)c(S(=O)(=O)N2CCN(C(=O)c3c[nH]c(=S)n3-c3ccccc3)CC2)c1C. The largest absolute Gasteiger partial charge is 0.336 e. The van der Waals surface area contributed by atoms with Crippen LogP contribution in [0.3, 0.4) is 0 Å². The third-order valence-electron chi connectivity index (χ3n) is 6.43. The zero-order chi connectivity index (χ0) is 23.9. The van der Waals surface area contributed by atoms with Crippen molar-refractivity contribution < 1.29 is 13.2 Å². The van der Waals surface area contributed by atoms with E-state index in [-0.39, 0.29) is 19.0 Å². The highest BCUT2D eigenvalue weighted by molar-refractivity contribution is 7.89. The quantitative estimate of drug-likeness (QED) is 0.570. The first kappa shape index (κ1) is 23.4. The van der Waals surface area contributed by atoms with Gasteiger partial charge in [-0.1, -0.05) is 24.3 Å². The Labute approximate surface area is 199 Å². The van der Waals surface area contributed by atoms with E-state index in [0.717, 1.165) is 27.9 Å². The summed E-state index contributed by atoms with van der Waals surface area (Å²) in [5, 5.41) is 0. The standard InChI is InChI=1S/C24H28N4O3S2/c1-16-14-17(2)19(4)22(18(16)3)33(30,31)27-12-10-26(11-13-27)23(29)21-15-25-24(32)28(21)20-8-6-5-7-9-20/h5-9,14-15H,10-13H2,1-4H3,(H,25,32). The molecule has 7 nitrogen and oxygen atoms in total. The Balaban J connectivity index is 1.56. The summed E-state index contributed by atoms with van der Waals surface area (Å²) in [6, 6.07) is 11.5. The monoisotopic (exact) mass is 484 g/mol. The number of imidazole rings is 1. The van der Waals surface area contributed by atoms with Gasteiger partial charge in [-0.05, 0) is 74.3 Å². The molecule has 9 heteroatoms. The van der Waals surface area contributed by atoms with Crippen molar-refractivity contribution >= 4 is 28.1 Å². The van der Waals surface area contributed by atoms with Crippen LogP contribution in [-0.4, -0.2) is 59.3 Å². The predicted octanol–water partition coefficient (Wildman–Crippen LogP) is 3.92. The molecule has 1 aliphatic heterocycles. The van der Waals surface area contributed by atoms with Gasteiger partial charge in [0.1, 0.15) is 5.69 Å². The summed E-state index contributed by atoms with van der Waals surface area (Å²) in [5.41, 5.74) is 4.72. The normalized spacial score (nSPS) is 15.1. The van der Waals surface area contributed by atoms with Crippen LogP contribution in [0.5, 0.6) is 0 Å². The average molecular weight is 485 g/mol. The van der Waals surface area contributed by atoms with Gasteiger partial charge in [-0.15, -0.1) is 0 Å². The first-order valence-corrected chi connectivity index (χ1v) is 12.7. The van der Waals surface area contributed by atoms with Crippen molar-refractivity contribution in [2.45, 2.75) is 32.6 Å². The number of carbonyl (C=O) groups is 1. The lowest BCUT2D eigenvalue weighted by atomic mass is 10.0. The Bertz CT molecular complexity index is 1340. The van der Waals surface area contributed by atoms with Gasteiger partial charge in [0.15, 0.2) is 4.77 Å². The highest BCUT2D eigenvalue weighted by Gasteiger charge is 2.33. The van der Waals surface area contributed by atoms with Gasteiger partial charge in [-0.3, -0.25) is 9.36 Å². The lowest BCUT2D eigenvalue weighted by Gasteiger charge is -2.34. The number of H-pyrrole nitrogens is 1. The number of aryl methyl sites for hydroxylation is 2. The molecule has 0 saturated carbocycles. The molecule has 1 aliphatic rings. The average Bonchev–Trinajstić information content (AvgIpc) is 3.19. The lowest BCUT2D eigenvalue weighted by molar-refractivity contribution is 0.0689. The summed E-state index contributed by atoms with van der Waals surface area (Å²) in [6.45, 7) is 8.70. The number of para-hydroxylation sites is 1. The summed E-state index contributed by atoms with van der Waals surface area (Å²) in [7, 11) is -3.66. The summed E-state index contributed by atoms with van der Waals surface area (Å²) in [4.78, 5) is 18.3. The van der Waals surface area contributed by atoms with Crippen LogP contribution in [0.15, 0.2) is 47.5 Å².